The highest BCUT2D eigenvalue weighted by Crippen LogP contribution is 2.46. The molecule has 4 N–H and O–H groups in total. The van der Waals surface area contributed by atoms with Crippen molar-refractivity contribution in [3.63, 3.8) is 0 Å². The number of terminal acetylenes is 1. The van der Waals surface area contributed by atoms with E-state index in [1.807, 2.05) is 6.07 Å². The fraction of sp³-hybridized carbons (Fsp3) is 0.520. The number of halogens is 2. The van der Waals surface area contributed by atoms with Crippen LogP contribution < -0.4 is 10.6 Å². The number of aryl methyl sites for hydroxylation is 1. The van der Waals surface area contributed by atoms with Gasteiger partial charge in [-0.3, -0.25) is 4.98 Å². The number of hydrogen-bond acceptors (Lipinski definition) is 9. The van der Waals surface area contributed by atoms with Crippen molar-refractivity contribution in [3.8, 4) is 22.9 Å². The van der Waals surface area contributed by atoms with Crippen LogP contribution in [-0.2, 0) is 0 Å². The number of nitrogens with zero attached hydrogens (tertiary/aromatic N) is 4. The van der Waals surface area contributed by atoms with E-state index in [2.05, 4.69) is 31.5 Å². The summed E-state index contributed by atoms with van der Waals surface area (Å²) in [5.41, 5.74) is 0.907. The van der Waals surface area contributed by atoms with Gasteiger partial charge in [-0.25, -0.2) is 18.7 Å². The normalized spacial score (nSPS) is 24.1. The molecule has 3 aromatic rings. The van der Waals surface area contributed by atoms with Crippen molar-refractivity contribution in [2.75, 3.05) is 17.2 Å². The van der Waals surface area contributed by atoms with E-state index >= 15 is 0 Å². The van der Waals surface area contributed by atoms with Crippen molar-refractivity contribution in [1.82, 2.24) is 19.9 Å². The third-order valence-electron chi connectivity index (χ3n) is 6.85. The molecule has 0 bridgehead atoms. The van der Waals surface area contributed by atoms with Crippen LogP contribution in [0.5, 0.6) is 0 Å². The van der Waals surface area contributed by atoms with E-state index < -0.39 is 23.7 Å². The van der Waals surface area contributed by atoms with Crippen LogP contribution >= 0.6 is 11.3 Å². The molecule has 0 aromatic carbocycles. The standard InChI is InChI=1S/C25H28F2N6O2S/c1-4-5-11-29-23-30-13(2)17(22-31-19-16(36-22)9-12-28-18(19)14-6-7-14)21(32-23)33-25(35)10-8-15(20(25)34)24(3,26)27/h1,9,12,14-15,20,34-35H,5-8,10-11H2,2-3H3,(H2,29,30,32,33)/t15-,20+,25-/m0/s1. The highest BCUT2D eigenvalue weighted by Gasteiger charge is 2.54. The number of alkyl halides is 2. The summed E-state index contributed by atoms with van der Waals surface area (Å²) in [5.74, 6) is -1.12. The summed E-state index contributed by atoms with van der Waals surface area (Å²) in [7, 11) is 0. The minimum Gasteiger partial charge on any atom is -0.388 e. The molecule has 0 amide bonds. The lowest BCUT2D eigenvalue weighted by molar-refractivity contribution is -0.117. The summed E-state index contributed by atoms with van der Waals surface area (Å²) in [6.07, 6.45) is 7.93. The molecule has 0 unspecified atom stereocenters. The number of aliphatic hydroxyl groups excluding tert-OH is 1. The first-order valence-electron chi connectivity index (χ1n) is 12.0. The number of thiazole rings is 1. The Hall–Kier alpha value is -2.94. The lowest BCUT2D eigenvalue weighted by atomic mass is 9.97. The van der Waals surface area contributed by atoms with Crippen LogP contribution in [0.4, 0.5) is 20.5 Å². The molecule has 11 heteroatoms. The maximum absolute atomic E-state index is 14.1. The largest absolute Gasteiger partial charge is 0.388 e. The fourth-order valence-corrected chi connectivity index (χ4v) is 5.84. The van der Waals surface area contributed by atoms with Crippen molar-refractivity contribution in [3.05, 3.63) is 23.7 Å². The Kier molecular flexibility index (Phi) is 6.31. The minimum absolute atomic E-state index is 0.0433. The number of anilines is 2. The van der Waals surface area contributed by atoms with Gasteiger partial charge in [0.15, 0.2) is 5.72 Å². The summed E-state index contributed by atoms with van der Waals surface area (Å²) in [6, 6.07) is 1.91. The fourth-order valence-electron chi connectivity index (χ4n) is 4.77. The number of nitrogens with one attached hydrogen (secondary N) is 2. The third kappa shape index (κ3) is 4.61. The van der Waals surface area contributed by atoms with Crippen LogP contribution in [0, 0.1) is 25.2 Å². The molecule has 3 aromatic heterocycles. The zero-order valence-corrected chi connectivity index (χ0v) is 20.9. The Morgan fingerprint density at radius 3 is 2.72 bits per heavy atom. The highest BCUT2D eigenvalue weighted by atomic mass is 32.1. The Bertz CT molecular complexity index is 1330. The average molecular weight is 515 g/mol. The van der Waals surface area contributed by atoms with Crippen LogP contribution in [-0.4, -0.2) is 54.4 Å². The van der Waals surface area contributed by atoms with Crippen LogP contribution in [0.3, 0.4) is 0 Å². The van der Waals surface area contributed by atoms with Gasteiger partial charge < -0.3 is 20.8 Å². The van der Waals surface area contributed by atoms with Gasteiger partial charge in [0.1, 0.15) is 22.4 Å². The van der Waals surface area contributed by atoms with Gasteiger partial charge in [-0.2, -0.15) is 4.98 Å². The van der Waals surface area contributed by atoms with Gasteiger partial charge in [0.05, 0.1) is 27.6 Å². The van der Waals surface area contributed by atoms with Crippen LogP contribution in [0.25, 0.3) is 20.8 Å². The molecule has 0 aliphatic heterocycles. The second-order valence-corrected chi connectivity index (χ2v) is 10.7. The topological polar surface area (TPSA) is 116 Å². The van der Waals surface area contributed by atoms with Crippen LogP contribution in [0.2, 0.25) is 0 Å². The minimum atomic E-state index is -3.14. The van der Waals surface area contributed by atoms with Gasteiger partial charge in [-0.05, 0) is 45.6 Å². The molecular formula is C25H28F2N6O2S. The molecule has 0 radical (unpaired) electrons. The first-order valence-corrected chi connectivity index (χ1v) is 12.8. The number of aromatic nitrogens is 4. The third-order valence-corrected chi connectivity index (χ3v) is 7.89. The van der Waals surface area contributed by atoms with E-state index in [1.54, 1.807) is 13.1 Å². The highest BCUT2D eigenvalue weighted by molar-refractivity contribution is 7.21. The number of rotatable bonds is 8. The van der Waals surface area contributed by atoms with Crippen LogP contribution in [0.15, 0.2) is 12.3 Å². The van der Waals surface area contributed by atoms with Crippen molar-refractivity contribution < 1.29 is 19.0 Å². The predicted octanol–water partition coefficient (Wildman–Crippen LogP) is 4.30. The van der Waals surface area contributed by atoms with Gasteiger partial charge in [0.2, 0.25) is 5.95 Å². The average Bonchev–Trinajstić information content (AvgIpc) is 3.48. The van der Waals surface area contributed by atoms with Crippen molar-refractivity contribution in [1.29, 1.82) is 0 Å². The molecule has 2 saturated carbocycles. The Morgan fingerprint density at radius 1 is 1.28 bits per heavy atom. The molecule has 5 rings (SSSR count). The second kappa shape index (κ2) is 9.18. The van der Waals surface area contributed by atoms with E-state index in [9.17, 15) is 19.0 Å². The Labute approximate surface area is 211 Å². The number of hydrogen-bond donors (Lipinski definition) is 4. The van der Waals surface area contributed by atoms with E-state index in [0.717, 1.165) is 35.7 Å². The molecule has 2 aliphatic carbocycles. The molecule has 3 atom stereocenters. The van der Waals surface area contributed by atoms with Crippen molar-refractivity contribution in [2.24, 2.45) is 5.92 Å². The second-order valence-electron chi connectivity index (χ2n) is 9.67. The number of fused-ring (bicyclic) bond motifs is 1. The summed E-state index contributed by atoms with van der Waals surface area (Å²) in [6.45, 7) is 2.98. The maximum Gasteiger partial charge on any atom is 0.250 e. The van der Waals surface area contributed by atoms with E-state index in [-0.39, 0.29) is 24.6 Å². The summed E-state index contributed by atoms with van der Waals surface area (Å²) in [5, 5.41) is 28.5. The van der Waals surface area contributed by atoms with E-state index in [4.69, 9.17) is 11.4 Å². The molecule has 0 saturated heterocycles. The molecule has 2 aliphatic rings. The first-order chi connectivity index (χ1) is 17.1. The van der Waals surface area contributed by atoms with Gasteiger partial charge >= 0.3 is 0 Å². The molecular weight excluding hydrogens is 486 g/mol. The summed E-state index contributed by atoms with van der Waals surface area (Å²) >= 11 is 1.45. The van der Waals surface area contributed by atoms with E-state index in [1.165, 1.54) is 11.3 Å². The number of aliphatic hydroxyl groups is 2. The lowest BCUT2D eigenvalue weighted by Crippen LogP contribution is -2.50. The Balaban J connectivity index is 1.57. The summed E-state index contributed by atoms with van der Waals surface area (Å²) in [4.78, 5) is 18.5. The summed E-state index contributed by atoms with van der Waals surface area (Å²) < 4.78 is 29.1. The molecule has 190 valence electrons. The monoisotopic (exact) mass is 514 g/mol. The van der Waals surface area contributed by atoms with Gasteiger partial charge in [-0.15, -0.1) is 23.7 Å². The van der Waals surface area contributed by atoms with Crippen molar-refractivity contribution >= 4 is 33.3 Å². The quantitative estimate of drug-likeness (QED) is 0.200. The zero-order valence-electron chi connectivity index (χ0n) is 20.1. The lowest BCUT2D eigenvalue weighted by Gasteiger charge is -2.32. The first kappa shape index (κ1) is 24.7. The molecule has 36 heavy (non-hydrogen) atoms. The number of pyridine rings is 1. The van der Waals surface area contributed by atoms with Gasteiger partial charge in [0, 0.05) is 25.1 Å². The predicted molar refractivity (Wildman–Crippen MR) is 135 cm³/mol. The van der Waals surface area contributed by atoms with E-state index in [0.29, 0.717) is 35.1 Å². The smallest absolute Gasteiger partial charge is 0.250 e. The zero-order chi connectivity index (χ0) is 25.7. The SMILES string of the molecule is C#CCCNc1nc(C)c(-c2nc3c(C4CC4)nccc3s2)c(N[C@]2(O)CC[C@H](C(C)(F)F)[C@H]2O)n1. The van der Waals surface area contributed by atoms with Crippen LogP contribution in [0.1, 0.15) is 56.3 Å². The van der Waals surface area contributed by atoms with Gasteiger partial charge in [0.25, 0.3) is 5.92 Å². The molecule has 8 nitrogen and oxygen atoms in total. The molecule has 2 fully saturated rings. The van der Waals surface area contributed by atoms with Crippen molar-refractivity contribution in [2.45, 2.75) is 69.6 Å². The molecule has 3 heterocycles. The maximum atomic E-state index is 14.1. The molecule has 0 spiro atoms. The van der Waals surface area contributed by atoms with Gasteiger partial charge in [-0.1, -0.05) is 0 Å². The Morgan fingerprint density at radius 2 is 2.06 bits per heavy atom.